The Balaban J connectivity index is 4.60. The average Bonchev–Trinajstić information content (AvgIpc) is 2.40. The molecular weight excluding hydrogens is 300 g/mol. The van der Waals surface area contributed by atoms with Crippen LogP contribution in [0.25, 0.3) is 0 Å². The molecule has 0 aromatic carbocycles. The molecule has 7 nitrogen and oxygen atoms in total. The quantitative estimate of drug-likeness (QED) is 0.656. The molecule has 1 N–H and O–H groups in total. The summed E-state index contributed by atoms with van der Waals surface area (Å²) in [4.78, 5) is 37.5. The van der Waals surface area contributed by atoms with Gasteiger partial charge in [0.05, 0.1) is 0 Å². The number of rotatable bonds is 9. The molecule has 2 amide bonds. The molecule has 7 heteroatoms. The molecule has 0 spiro atoms. The van der Waals surface area contributed by atoms with Crippen molar-refractivity contribution < 1.29 is 24.2 Å². The van der Waals surface area contributed by atoms with Crippen LogP contribution in [0, 0.1) is 0 Å². The number of unbranched alkanes of at least 4 members (excludes halogenated alkanes) is 3. The third kappa shape index (κ3) is 10.5. The van der Waals surface area contributed by atoms with Crippen LogP contribution in [0.15, 0.2) is 0 Å². The minimum absolute atomic E-state index is 0.298. The number of nitrogens with zero attached hydrogens (tertiary/aromatic N) is 2. The van der Waals surface area contributed by atoms with Gasteiger partial charge in [-0.15, -0.1) is 0 Å². The number of amides is 2. The topological polar surface area (TPSA) is 87.2 Å². The number of hydrogen-bond acceptors (Lipinski definition) is 4. The number of carbonyl (C=O) groups excluding carboxylic acids is 2. The molecule has 0 aromatic heterocycles. The van der Waals surface area contributed by atoms with Crippen LogP contribution < -0.4 is 0 Å². The van der Waals surface area contributed by atoms with Gasteiger partial charge in [-0.1, -0.05) is 26.2 Å². The fourth-order valence-corrected chi connectivity index (χ4v) is 1.86. The number of ether oxygens (including phenoxy) is 1. The van der Waals surface area contributed by atoms with Gasteiger partial charge in [0.1, 0.15) is 18.7 Å². The minimum atomic E-state index is -1.19. The zero-order chi connectivity index (χ0) is 18.0. The van der Waals surface area contributed by atoms with Crippen molar-refractivity contribution in [2.24, 2.45) is 0 Å². The van der Waals surface area contributed by atoms with Crippen LogP contribution in [-0.4, -0.2) is 65.2 Å². The molecule has 0 rings (SSSR count). The van der Waals surface area contributed by atoms with Gasteiger partial charge in [-0.2, -0.15) is 0 Å². The summed E-state index contributed by atoms with van der Waals surface area (Å²) in [7, 11) is 1.66. The van der Waals surface area contributed by atoms with E-state index in [1.54, 1.807) is 27.8 Å². The van der Waals surface area contributed by atoms with E-state index in [0.717, 1.165) is 30.6 Å². The summed E-state index contributed by atoms with van der Waals surface area (Å²) >= 11 is 0. The van der Waals surface area contributed by atoms with Crippen molar-refractivity contribution in [2.45, 2.75) is 59.0 Å². The van der Waals surface area contributed by atoms with E-state index in [4.69, 9.17) is 9.84 Å². The highest BCUT2D eigenvalue weighted by atomic mass is 16.6. The average molecular weight is 330 g/mol. The first kappa shape index (κ1) is 21.2. The molecular formula is C16H30N2O5. The van der Waals surface area contributed by atoms with Crippen LogP contribution in [0.3, 0.4) is 0 Å². The first-order valence-electron chi connectivity index (χ1n) is 8.00. The van der Waals surface area contributed by atoms with Gasteiger partial charge in [0.2, 0.25) is 5.91 Å². The molecule has 23 heavy (non-hydrogen) atoms. The largest absolute Gasteiger partial charge is 0.480 e. The molecule has 0 aliphatic carbocycles. The number of hydrogen-bond donors (Lipinski definition) is 1. The Hall–Kier alpha value is -1.79. The zero-order valence-corrected chi connectivity index (χ0v) is 14.9. The van der Waals surface area contributed by atoms with Gasteiger partial charge >= 0.3 is 12.1 Å². The van der Waals surface area contributed by atoms with Gasteiger partial charge in [0.25, 0.3) is 0 Å². The van der Waals surface area contributed by atoms with Crippen molar-refractivity contribution in [1.82, 2.24) is 9.80 Å². The Bertz CT molecular complexity index is 404. The van der Waals surface area contributed by atoms with Crippen LogP contribution in [0.5, 0.6) is 0 Å². The smallest absolute Gasteiger partial charge is 0.411 e. The van der Waals surface area contributed by atoms with E-state index < -0.39 is 24.2 Å². The van der Waals surface area contributed by atoms with E-state index in [2.05, 4.69) is 6.92 Å². The van der Waals surface area contributed by atoms with Crippen LogP contribution in [0.2, 0.25) is 0 Å². The Labute approximate surface area is 138 Å². The number of carboxylic acids is 1. The number of carbonyl (C=O) groups is 3. The Morgan fingerprint density at radius 1 is 1.04 bits per heavy atom. The minimum Gasteiger partial charge on any atom is -0.480 e. The molecule has 0 aliphatic rings. The third-order valence-corrected chi connectivity index (χ3v) is 3.08. The molecule has 0 unspecified atom stereocenters. The molecule has 0 fully saturated rings. The van der Waals surface area contributed by atoms with Gasteiger partial charge < -0.3 is 14.7 Å². The third-order valence-electron chi connectivity index (χ3n) is 3.08. The van der Waals surface area contributed by atoms with Crippen LogP contribution in [0.1, 0.15) is 53.4 Å². The summed E-state index contributed by atoms with van der Waals surface area (Å²) in [6.07, 6.45) is 3.36. The molecule has 0 aliphatic heterocycles. The number of likely N-dealkylation sites (N-methyl/N-ethyl adjacent to an activating group) is 1. The van der Waals surface area contributed by atoms with Crippen molar-refractivity contribution in [1.29, 1.82) is 0 Å². The predicted octanol–water partition coefficient (Wildman–Crippen LogP) is 2.35. The highest BCUT2D eigenvalue weighted by Crippen LogP contribution is 2.10. The first-order chi connectivity index (χ1) is 10.6. The first-order valence-corrected chi connectivity index (χ1v) is 8.00. The van der Waals surface area contributed by atoms with E-state index in [1.165, 1.54) is 4.90 Å². The molecule has 0 radical (unpaired) electrons. The highest BCUT2D eigenvalue weighted by molar-refractivity contribution is 5.84. The van der Waals surface area contributed by atoms with E-state index in [9.17, 15) is 14.4 Å². The molecule has 0 aromatic rings. The number of carboxylic acid groups (broad SMARTS) is 1. The monoisotopic (exact) mass is 330 g/mol. The Morgan fingerprint density at radius 2 is 1.65 bits per heavy atom. The van der Waals surface area contributed by atoms with E-state index >= 15 is 0 Å². The second kappa shape index (κ2) is 10.1. The molecule has 0 saturated carbocycles. The summed E-state index contributed by atoms with van der Waals surface area (Å²) in [5.74, 6) is -1.48. The van der Waals surface area contributed by atoms with Crippen molar-refractivity contribution >= 4 is 18.0 Å². The lowest BCUT2D eigenvalue weighted by atomic mass is 10.2. The standard InChI is InChI=1S/C16H30N2O5/c1-6-7-8-9-10-17(5)13(19)11-18(12-14(20)21)15(22)23-16(2,3)4/h6-12H2,1-5H3,(H,20,21). The van der Waals surface area contributed by atoms with Crippen LogP contribution >= 0.6 is 0 Å². The second-order valence-corrected chi connectivity index (χ2v) is 6.61. The molecule has 0 atom stereocenters. The fraction of sp³-hybridized carbons (Fsp3) is 0.812. The SMILES string of the molecule is CCCCCCN(C)C(=O)CN(CC(=O)O)C(=O)OC(C)(C)C. The van der Waals surface area contributed by atoms with E-state index in [0.29, 0.717) is 6.54 Å². The van der Waals surface area contributed by atoms with Gasteiger partial charge in [-0.25, -0.2) is 4.79 Å². The molecule has 0 heterocycles. The normalized spacial score (nSPS) is 11.0. The number of aliphatic carboxylic acids is 1. The van der Waals surface area contributed by atoms with E-state index in [-0.39, 0.29) is 12.5 Å². The lowest BCUT2D eigenvalue weighted by Gasteiger charge is -2.27. The Kier molecular flexibility index (Phi) is 9.29. The van der Waals surface area contributed by atoms with Crippen molar-refractivity contribution in [3.8, 4) is 0 Å². The second-order valence-electron chi connectivity index (χ2n) is 6.61. The van der Waals surface area contributed by atoms with Crippen molar-refractivity contribution in [3.05, 3.63) is 0 Å². The predicted molar refractivity (Wildman–Crippen MR) is 87.2 cm³/mol. The van der Waals surface area contributed by atoms with E-state index in [1.807, 2.05) is 0 Å². The van der Waals surface area contributed by atoms with Crippen LogP contribution in [-0.2, 0) is 14.3 Å². The summed E-state index contributed by atoms with van der Waals surface area (Å²) in [6, 6.07) is 0. The Morgan fingerprint density at radius 3 is 2.13 bits per heavy atom. The lowest BCUT2D eigenvalue weighted by Crippen LogP contribution is -2.45. The molecule has 0 saturated heterocycles. The maximum Gasteiger partial charge on any atom is 0.411 e. The van der Waals surface area contributed by atoms with Gasteiger partial charge in [-0.3, -0.25) is 14.5 Å². The van der Waals surface area contributed by atoms with Crippen molar-refractivity contribution in [2.75, 3.05) is 26.7 Å². The summed E-state index contributed by atoms with van der Waals surface area (Å²) in [5.41, 5.74) is -0.747. The summed E-state index contributed by atoms with van der Waals surface area (Å²) < 4.78 is 5.15. The fourth-order valence-electron chi connectivity index (χ4n) is 1.86. The maximum atomic E-state index is 12.2. The highest BCUT2D eigenvalue weighted by Gasteiger charge is 2.26. The van der Waals surface area contributed by atoms with Crippen molar-refractivity contribution in [3.63, 3.8) is 0 Å². The maximum absolute atomic E-state index is 12.2. The van der Waals surface area contributed by atoms with Gasteiger partial charge in [0.15, 0.2) is 0 Å². The molecule has 134 valence electrons. The summed E-state index contributed by atoms with van der Waals surface area (Å²) in [5, 5.41) is 8.91. The zero-order valence-electron chi connectivity index (χ0n) is 14.9. The summed E-state index contributed by atoms with van der Waals surface area (Å²) in [6.45, 7) is 6.89. The van der Waals surface area contributed by atoms with Gasteiger partial charge in [0, 0.05) is 13.6 Å². The lowest BCUT2D eigenvalue weighted by molar-refractivity contribution is -0.139. The molecule has 0 bridgehead atoms. The van der Waals surface area contributed by atoms with Gasteiger partial charge in [-0.05, 0) is 27.2 Å². The van der Waals surface area contributed by atoms with Crippen LogP contribution in [0.4, 0.5) is 4.79 Å².